The van der Waals surface area contributed by atoms with E-state index in [-0.39, 0.29) is 11.9 Å². The Morgan fingerprint density at radius 1 is 1.33 bits per heavy atom. The van der Waals surface area contributed by atoms with Crippen LogP contribution in [-0.4, -0.2) is 12.1 Å². The molecule has 78 valence electrons. The molecule has 1 aliphatic heterocycles. The molecule has 1 aromatic carbocycles. The highest BCUT2D eigenvalue weighted by molar-refractivity contribution is 6.32. The van der Waals surface area contributed by atoms with Gasteiger partial charge in [0.1, 0.15) is 0 Å². The van der Waals surface area contributed by atoms with Crippen LogP contribution >= 0.6 is 0 Å². The first-order valence-electron chi connectivity index (χ1n) is 5.11. The summed E-state index contributed by atoms with van der Waals surface area (Å²) >= 11 is 0. The molecule has 1 N–H and O–H groups in total. The van der Waals surface area contributed by atoms with Crippen molar-refractivity contribution in [1.82, 2.24) is 0 Å². The molecule has 0 saturated heterocycles. The summed E-state index contributed by atoms with van der Waals surface area (Å²) in [5.74, 6) is 0.237. The molecule has 0 bridgehead atoms. The zero-order chi connectivity index (χ0) is 10.8. The van der Waals surface area contributed by atoms with Gasteiger partial charge in [-0.15, -0.1) is 0 Å². The number of anilines is 1. The number of nitrogens with one attached hydrogen (secondary N) is 1. The van der Waals surface area contributed by atoms with Crippen LogP contribution in [-0.2, 0) is 4.79 Å². The lowest BCUT2D eigenvalue weighted by Crippen LogP contribution is -2.11. The lowest BCUT2D eigenvalue weighted by Gasteiger charge is -2.17. The van der Waals surface area contributed by atoms with E-state index in [9.17, 15) is 4.79 Å². The van der Waals surface area contributed by atoms with Crippen molar-refractivity contribution < 1.29 is 4.79 Å². The first kappa shape index (κ1) is 9.90. The fourth-order valence-electron chi connectivity index (χ4n) is 1.79. The van der Waals surface area contributed by atoms with Gasteiger partial charge in [-0.05, 0) is 12.0 Å². The van der Waals surface area contributed by atoms with E-state index in [1.165, 1.54) is 6.21 Å². The Kier molecular flexibility index (Phi) is 2.54. The zero-order valence-electron chi connectivity index (χ0n) is 8.90. The Morgan fingerprint density at radius 2 is 2.07 bits per heavy atom. The Hall–Kier alpha value is -1.64. The van der Waals surface area contributed by atoms with Gasteiger partial charge in [0.15, 0.2) is 0 Å². The molecule has 0 radical (unpaired) electrons. The maximum atomic E-state index is 11.4. The van der Waals surface area contributed by atoms with Gasteiger partial charge in [-0.3, -0.25) is 9.79 Å². The van der Waals surface area contributed by atoms with Crippen LogP contribution in [0.2, 0.25) is 0 Å². The normalized spacial score (nSPS) is 19.7. The highest BCUT2D eigenvalue weighted by Crippen LogP contribution is 2.32. The van der Waals surface area contributed by atoms with Crippen LogP contribution < -0.4 is 5.32 Å². The summed E-state index contributed by atoms with van der Waals surface area (Å²) in [5.41, 5.74) is 1.97. The lowest BCUT2D eigenvalue weighted by atomic mass is 9.95. The van der Waals surface area contributed by atoms with E-state index in [0.717, 1.165) is 11.3 Å². The first-order valence-corrected chi connectivity index (χ1v) is 5.11. The van der Waals surface area contributed by atoms with E-state index in [1.807, 2.05) is 24.3 Å². The molecule has 1 atom stereocenters. The average Bonchev–Trinajstić information content (AvgIpc) is 2.35. The molecule has 0 aliphatic carbocycles. The minimum atomic E-state index is -0.148. The number of fused-ring (bicyclic) bond motifs is 1. The van der Waals surface area contributed by atoms with Gasteiger partial charge < -0.3 is 5.32 Å². The summed E-state index contributed by atoms with van der Waals surface area (Å²) in [6.45, 7) is 4.21. The lowest BCUT2D eigenvalue weighted by molar-refractivity contribution is -0.109. The maximum Gasteiger partial charge on any atom is 0.266 e. The van der Waals surface area contributed by atoms with Gasteiger partial charge in [0.2, 0.25) is 0 Å². The van der Waals surface area contributed by atoms with Gasteiger partial charge in [0, 0.05) is 11.3 Å². The molecule has 0 spiro atoms. The van der Waals surface area contributed by atoms with E-state index in [0.29, 0.717) is 5.92 Å². The predicted octanol–water partition coefficient (Wildman–Crippen LogP) is 2.41. The van der Waals surface area contributed by atoms with Crippen molar-refractivity contribution in [2.24, 2.45) is 10.9 Å². The summed E-state index contributed by atoms with van der Waals surface area (Å²) in [6.07, 6.45) is 1.38. The zero-order valence-corrected chi connectivity index (χ0v) is 8.90. The topological polar surface area (TPSA) is 41.5 Å². The van der Waals surface area contributed by atoms with Crippen LogP contribution in [0, 0.1) is 5.92 Å². The minimum Gasteiger partial charge on any atom is -0.321 e. The fraction of sp³-hybridized carbons (Fsp3) is 0.333. The second kappa shape index (κ2) is 3.85. The molecule has 0 fully saturated rings. The second-order valence-electron chi connectivity index (χ2n) is 4.04. The highest BCUT2D eigenvalue weighted by Gasteiger charge is 2.20. The third kappa shape index (κ3) is 1.91. The van der Waals surface area contributed by atoms with Gasteiger partial charge >= 0.3 is 0 Å². The summed E-state index contributed by atoms with van der Waals surface area (Å²) in [4.78, 5) is 15.7. The van der Waals surface area contributed by atoms with Crippen LogP contribution in [0.1, 0.15) is 25.5 Å². The van der Waals surface area contributed by atoms with Crippen molar-refractivity contribution in [3.63, 3.8) is 0 Å². The molecule has 3 heteroatoms. The molecule has 15 heavy (non-hydrogen) atoms. The molecule has 1 aromatic rings. The van der Waals surface area contributed by atoms with E-state index >= 15 is 0 Å². The Morgan fingerprint density at radius 3 is 2.80 bits per heavy atom. The van der Waals surface area contributed by atoms with Crippen molar-refractivity contribution in [1.29, 1.82) is 0 Å². The largest absolute Gasteiger partial charge is 0.321 e. The summed E-state index contributed by atoms with van der Waals surface area (Å²) in [6, 6.07) is 7.89. The molecule has 1 aliphatic rings. The summed E-state index contributed by atoms with van der Waals surface area (Å²) in [5, 5.41) is 2.82. The van der Waals surface area contributed by atoms with Gasteiger partial charge in [-0.1, -0.05) is 32.0 Å². The molecule has 1 amide bonds. The number of hydrogen-bond acceptors (Lipinski definition) is 2. The monoisotopic (exact) mass is 202 g/mol. The number of para-hydroxylation sites is 1. The molecule has 0 aromatic heterocycles. The molecule has 0 saturated carbocycles. The van der Waals surface area contributed by atoms with Gasteiger partial charge in [-0.2, -0.15) is 0 Å². The third-order valence-electron chi connectivity index (χ3n) is 2.52. The van der Waals surface area contributed by atoms with E-state index in [2.05, 4.69) is 24.2 Å². The molecular formula is C12H14N2O. The number of carbonyl (C=O) groups excluding carboxylic acids is 1. The van der Waals surface area contributed by atoms with Crippen molar-refractivity contribution in [3.8, 4) is 0 Å². The predicted molar refractivity (Wildman–Crippen MR) is 61.1 cm³/mol. The quantitative estimate of drug-likeness (QED) is 0.746. The van der Waals surface area contributed by atoms with Crippen molar-refractivity contribution >= 4 is 17.8 Å². The van der Waals surface area contributed by atoms with Crippen molar-refractivity contribution in [2.75, 3.05) is 5.32 Å². The van der Waals surface area contributed by atoms with Gasteiger partial charge in [0.05, 0.1) is 12.3 Å². The molecule has 3 nitrogen and oxygen atoms in total. The first-order chi connectivity index (χ1) is 7.18. The Bertz CT molecular complexity index is 410. The van der Waals surface area contributed by atoms with Crippen molar-refractivity contribution in [3.05, 3.63) is 29.8 Å². The Balaban J connectivity index is 2.50. The summed E-state index contributed by atoms with van der Waals surface area (Å²) < 4.78 is 0. The standard InChI is InChI=1S/C12H14N2O/c1-8(2)12-9-5-3-4-6-10(9)14-11(15)7-13-12/h3-8,12H,1-2H3,(H,14,15). The minimum absolute atomic E-state index is 0.0696. The van der Waals surface area contributed by atoms with Gasteiger partial charge in [0.25, 0.3) is 5.91 Å². The number of hydrogen-bond donors (Lipinski definition) is 1. The number of carbonyl (C=O) groups is 1. The number of aliphatic imine (C=N–C) groups is 1. The molecule has 1 heterocycles. The molecule has 2 rings (SSSR count). The van der Waals surface area contributed by atoms with Crippen LogP contribution in [0.3, 0.4) is 0 Å². The highest BCUT2D eigenvalue weighted by atomic mass is 16.1. The SMILES string of the molecule is CC(C)C1N=CC(=O)Nc2ccccc21. The van der Waals surface area contributed by atoms with E-state index < -0.39 is 0 Å². The fourth-order valence-corrected chi connectivity index (χ4v) is 1.79. The smallest absolute Gasteiger partial charge is 0.266 e. The maximum absolute atomic E-state index is 11.4. The van der Waals surface area contributed by atoms with Crippen LogP contribution in [0.15, 0.2) is 29.3 Å². The number of nitrogens with zero attached hydrogens (tertiary/aromatic N) is 1. The van der Waals surface area contributed by atoms with Crippen LogP contribution in [0.25, 0.3) is 0 Å². The molecular weight excluding hydrogens is 188 g/mol. The van der Waals surface area contributed by atoms with Crippen LogP contribution in [0.5, 0.6) is 0 Å². The van der Waals surface area contributed by atoms with Crippen molar-refractivity contribution in [2.45, 2.75) is 19.9 Å². The number of rotatable bonds is 1. The van der Waals surface area contributed by atoms with Crippen LogP contribution in [0.4, 0.5) is 5.69 Å². The van der Waals surface area contributed by atoms with E-state index in [1.54, 1.807) is 0 Å². The average molecular weight is 202 g/mol. The number of amides is 1. The second-order valence-corrected chi connectivity index (χ2v) is 4.04. The number of benzene rings is 1. The third-order valence-corrected chi connectivity index (χ3v) is 2.52. The van der Waals surface area contributed by atoms with Gasteiger partial charge in [-0.25, -0.2) is 0 Å². The molecule has 1 unspecified atom stereocenters. The van der Waals surface area contributed by atoms with E-state index in [4.69, 9.17) is 0 Å². The Labute approximate surface area is 89.2 Å². The summed E-state index contributed by atoms with van der Waals surface area (Å²) in [7, 11) is 0.